The minimum Gasteiger partial charge on any atom is -0.242 e. The molecule has 25 heavy (non-hydrogen) atoms. The number of aromatic nitrogens is 1. The van der Waals surface area contributed by atoms with Gasteiger partial charge in [0.25, 0.3) is 0 Å². The fourth-order valence-corrected chi connectivity index (χ4v) is 5.82. The highest BCUT2D eigenvalue weighted by molar-refractivity contribution is 7.19. The van der Waals surface area contributed by atoms with Gasteiger partial charge in [0.05, 0.1) is 0 Å². The van der Waals surface area contributed by atoms with Gasteiger partial charge in [-0.1, -0.05) is 30.7 Å². The highest BCUT2D eigenvalue weighted by Gasteiger charge is 2.27. The Balaban J connectivity index is 0.00000157. The smallest absolute Gasteiger partial charge is 0.124 e. The molecule has 2 aromatic heterocycles. The van der Waals surface area contributed by atoms with E-state index in [1.807, 2.05) is 23.5 Å². The molecule has 1 unspecified atom stereocenters. The lowest BCUT2D eigenvalue weighted by atomic mass is 9.82. The molecule has 0 fully saturated rings. The van der Waals surface area contributed by atoms with Crippen LogP contribution in [0.1, 0.15) is 41.5 Å². The SMILES string of the molecule is CC1CCc2nc3sc4c(c3c(-c3ccc(Cl)cc3)c2C1)CCC4.Cl. The van der Waals surface area contributed by atoms with E-state index in [0.29, 0.717) is 0 Å². The van der Waals surface area contributed by atoms with Crippen LogP contribution >= 0.6 is 35.3 Å². The Bertz CT molecular complexity index is 943. The molecule has 0 saturated heterocycles. The molecule has 0 N–H and O–H groups in total. The maximum absolute atomic E-state index is 6.15. The predicted molar refractivity (Wildman–Crippen MR) is 111 cm³/mol. The number of nitrogens with zero attached hydrogens (tertiary/aromatic N) is 1. The van der Waals surface area contributed by atoms with Crippen molar-refractivity contribution >= 4 is 45.6 Å². The minimum atomic E-state index is 0. The van der Waals surface area contributed by atoms with E-state index < -0.39 is 0 Å². The molecule has 0 saturated carbocycles. The first-order valence-electron chi connectivity index (χ1n) is 8.92. The molecule has 1 atom stereocenters. The van der Waals surface area contributed by atoms with E-state index in [0.717, 1.165) is 23.8 Å². The van der Waals surface area contributed by atoms with Crippen LogP contribution in [0, 0.1) is 5.92 Å². The highest BCUT2D eigenvalue weighted by atomic mass is 35.5. The van der Waals surface area contributed by atoms with Gasteiger partial charge >= 0.3 is 0 Å². The number of hydrogen-bond acceptors (Lipinski definition) is 2. The average Bonchev–Trinajstić information content (AvgIpc) is 3.15. The van der Waals surface area contributed by atoms with Crippen LogP contribution in [0.15, 0.2) is 24.3 Å². The summed E-state index contributed by atoms with van der Waals surface area (Å²) in [5.41, 5.74) is 7.18. The van der Waals surface area contributed by atoms with E-state index in [2.05, 4.69) is 19.1 Å². The number of aryl methyl sites for hydroxylation is 3. The van der Waals surface area contributed by atoms with Gasteiger partial charge in [-0.25, -0.2) is 4.98 Å². The maximum Gasteiger partial charge on any atom is 0.124 e. The first kappa shape index (κ1) is 17.3. The summed E-state index contributed by atoms with van der Waals surface area (Å²) in [4.78, 5) is 7.94. The second kappa shape index (κ2) is 6.57. The van der Waals surface area contributed by atoms with Gasteiger partial charge in [-0.3, -0.25) is 0 Å². The highest BCUT2D eigenvalue weighted by Crippen LogP contribution is 2.45. The molecular formula is C21H21Cl2NS. The Hall–Kier alpha value is -1.09. The van der Waals surface area contributed by atoms with Crippen LogP contribution in [0.5, 0.6) is 0 Å². The molecule has 0 bridgehead atoms. The Labute approximate surface area is 163 Å². The summed E-state index contributed by atoms with van der Waals surface area (Å²) in [6.07, 6.45) is 7.28. The first-order valence-corrected chi connectivity index (χ1v) is 10.1. The molecular weight excluding hydrogens is 369 g/mol. The van der Waals surface area contributed by atoms with E-state index in [4.69, 9.17) is 16.6 Å². The van der Waals surface area contributed by atoms with Crippen LogP contribution in [0.25, 0.3) is 21.3 Å². The zero-order chi connectivity index (χ0) is 16.3. The number of halogens is 2. The quantitative estimate of drug-likeness (QED) is 0.453. The van der Waals surface area contributed by atoms with Crippen LogP contribution in [-0.4, -0.2) is 4.98 Å². The third-order valence-corrected chi connectivity index (χ3v) is 7.04. The molecule has 2 aliphatic carbocycles. The van der Waals surface area contributed by atoms with Gasteiger partial charge < -0.3 is 0 Å². The molecule has 0 amide bonds. The van der Waals surface area contributed by atoms with Gasteiger partial charge in [-0.05, 0) is 78.8 Å². The normalized spacial score (nSPS) is 18.7. The first-order chi connectivity index (χ1) is 11.7. The zero-order valence-electron chi connectivity index (χ0n) is 14.3. The summed E-state index contributed by atoms with van der Waals surface area (Å²) in [5, 5.41) is 2.25. The van der Waals surface area contributed by atoms with Crippen molar-refractivity contribution in [1.29, 1.82) is 0 Å². The summed E-state index contributed by atoms with van der Waals surface area (Å²) >= 11 is 8.08. The standard InChI is InChI=1S/C21H20ClNS.ClH/c1-12-5-10-17-16(11-12)19(13-6-8-14(22)9-7-13)20-15-3-2-4-18(15)24-21(20)23-17;/h6-9,12H,2-5,10-11H2,1H3;1H. The second-order valence-corrected chi connectivity index (χ2v) is 8.82. The summed E-state index contributed by atoms with van der Waals surface area (Å²) < 4.78 is 0. The van der Waals surface area contributed by atoms with E-state index >= 15 is 0 Å². The number of rotatable bonds is 1. The van der Waals surface area contributed by atoms with Gasteiger partial charge in [-0.2, -0.15) is 0 Å². The number of benzene rings is 1. The topological polar surface area (TPSA) is 12.9 Å². The molecule has 4 heteroatoms. The Morgan fingerprint density at radius 3 is 2.68 bits per heavy atom. The van der Waals surface area contributed by atoms with Crippen LogP contribution in [0.2, 0.25) is 5.02 Å². The zero-order valence-corrected chi connectivity index (χ0v) is 16.7. The Morgan fingerprint density at radius 1 is 1.08 bits per heavy atom. The van der Waals surface area contributed by atoms with Crippen LogP contribution in [-0.2, 0) is 25.7 Å². The van der Waals surface area contributed by atoms with Crippen molar-refractivity contribution in [2.45, 2.75) is 45.4 Å². The van der Waals surface area contributed by atoms with Crippen LogP contribution in [0.3, 0.4) is 0 Å². The average molecular weight is 390 g/mol. The molecule has 130 valence electrons. The summed E-state index contributed by atoms with van der Waals surface area (Å²) in [6.45, 7) is 2.37. The van der Waals surface area contributed by atoms with Crippen LogP contribution in [0.4, 0.5) is 0 Å². The molecule has 3 aromatic rings. The van der Waals surface area contributed by atoms with Crippen molar-refractivity contribution in [3.05, 3.63) is 51.0 Å². The van der Waals surface area contributed by atoms with Gasteiger partial charge in [0.15, 0.2) is 0 Å². The van der Waals surface area contributed by atoms with Gasteiger partial charge in [0.1, 0.15) is 4.83 Å². The van der Waals surface area contributed by atoms with Crippen molar-refractivity contribution in [3.8, 4) is 11.1 Å². The van der Waals surface area contributed by atoms with Crippen molar-refractivity contribution in [1.82, 2.24) is 4.98 Å². The van der Waals surface area contributed by atoms with Gasteiger partial charge in [-0.15, -0.1) is 23.7 Å². The number of thiophene rings is 1. The molecule has 0 aliphatic heterocycles. The van der Waals surface area contributed by atoms with E-state index in [1.165, 1.54) is 58.3 Å². The van der Waals surface area contributed by atoms with Crippen molar-refractivity contribution < 1.29 is 0 Å². The lowest BCUT2D eigenvalue weighted by Crippen LogP contribution is -2.14. The largest absolute Gasteiger partial charge is 0.242 e. The second-order valence-electron chi connectivity index (χ2n) is 7.30. The van der Waals surface area contributed by atoms with Crippen molar-refractivity contribution in [2.24, 2.45) is 5.92 Å². The van der Waals surface area contributed by atoms with E-state index in [1.54, 1.807) is 10.4 Å². The van der Waals surface area contributed by atoms with Gasteiger partial charge in [0, 0.05) is 21.0 Å². The minimum absolute atomic E-state index is 0. The Kier molecular flexibility index (Phi) is 4.56. The molecule has 0 radical (unpaired) electrons. The third-order valence-electron chi connectivity index (χ3n) is 5.60. The number of fused-ring (bicyclic) bond motifs is 4. The molecule has 1 aromatic carbocycles. The third kappa shape index (κ3) is 2.79. The lowest BCUT2D eigenvalue weighted by molar-refractivity contribution is 0.496. The molecule has 2 aliphatic rings. The molecule has 0 spiro atoms. The summed E-state index contributed by atoms with van der Waals surface area (Å²) in [5.74, 6) is 0.745. The van der Waals surface area contributed by atoms with Crippen molar-refractivity contribution in [3.63, 3.8) is 0 Å². The monoisotopic (exact) mass is 389 g/mol. The van der Waals surface area contributed by atoms with Gasteiger partial charge in [0.2, 0.25) is 0 Å². The predicted octanol–water partition coefficient (Wildman–Crippen LogP) is 6.65. The number of hydrogen-bond donors (Lipinski definition) is 0. The summed E-state index contributed by atoms with van der Waals surface area (Å²) in [6, 6.07) is 8.42. The lowest BCUT2D eigenvalue weighted by Gasteiger charge is -2.24. The van der Waals surface area contributed by atoms with E-state index in [-0.39, 0.29) is 12.4 Å². The molecule has 5 rings (SSSR count). The summed E-state index contributed by atoms with van der Waals surface area (Å²) in [7, 11) is 0. The fraction of sp³-hybridized carbons (Fsp3) is 0.381. The fourth-order valence-electron chi connectivity index (χ4n) is 4.41. The molecule has 1 nitrogen and oxygen atoms in total. The van der Waals surface area contributed by atoms with Crippen LogP contribution < -0.4 is 0 Å². The molecule has 2 heterocycles. The number of pyridine rings is 1. The Morgan fingerprint density at radius 2 is 1.88 bits per heavy atom. The maximum atomic E-state index is 6.15. The van der Waals surface area contributed by atoms with E-state index in [9.17, 15) is 0 Å². The van der Waals surface area contributed by atoms with Crippen molar-refractivity contribution in [2.75, 3.05) is 0 Å².